The Kier molecular flexibility index (Phi) is 8.20. The molecule has 0 unspecified atom stereocenters. The molecule has 0 radical (unpaired) electrons. The van der Waals surface area contributed by atoms with Gasteiger partial charge in [0.1, 0.15) is 5.82 Å². The van der Waals surface area contributed by atoms with Crippen LogP contribution in [-0.4, -0.2) is 33.2 Å². The van der Waals surface area contributed by atoms with Gasteiger partial charge in [0.15, 0.2) is 6.29 Å². The van der Waals surface area contributed by atoms with E-state index in [1.165, 1.54) is 56.9 Å². The molecule has 0 spiro atoms. The Morgan fingerprint density at radius 2 is 1.40 bits per heavy atom. The predicted octanol–water partition coefficient (Wildman–Crippen LogP) is 6.32. The molecule has 0 N–H and O–H groups in total. The summed E-state index contributed by atoms with van der Waals surface area (Å²) >= 11 is 0. The zero-order valence-corrected chi connectivity index (χ0v) is 18.6. The van der Waals surface area contributed by atoms with Crippen LogP contribution in [0.25, 0.3) is 0 Å². The van der Waals surface area contributed by atoms with Gasteiger partial charge < -0.3 is 14.2 Å². The van der Waals surface area contributed by atoms with Gasteiger partial charge in [-0.25, -0.2) is 4.39 Å². The average molecular weight is 419 g/mol. The highest BCUT2D eigenvalue weighted by Crippen LogP contribution is 2.45. The summed E-state index contributed by atoms with van der Waals surface area (Å²) in [6.45, 7) is 2.53. The Bertz CT molecular complexity index is 610. The van der Waals surface area contributed by atoms with Crippen LogP contribution in [0.5, 0.6) is 0 Å². The molecular weight excluding hydrogens is 379 g/mol. The number of halogens is 1. The van der Waals surface area contributed by atoms with Gasteiger partial charge in [0.25, 0.3) is 0 Å². The molecule has 168 valence electrons. The van der Waals surface area contributed by atoms with Crippen LogP contribution in [-0.2, 0) is 14.2 Å². The Morgan fingerprint density at radius 3 is 2.00 bits per heavy atom. The maximum absolute atomic E-state index is 13.2. The minimum absolute atomic E-state index is 0.0267. The lowest BCUT2D eigenvalue weighted by atomic mass is 9.68. The Labute approximate surface area is 181 Å². The molecule has 1 heterocycles. The molecule has 3 fully saturated rings. The van der Waals surface area contributed by atoms with Crippen molar-refractivity contribution in [2.75, 3.05) is 26.9 Å². The molecule has 4 rings (SSSR count). The minimum Gasteiger partial charge on any atom is -0.385 e. The van der Waals surface area contributed by atoms with Crippen molar-refractivity contribution in [3.63, 3.8) is 0 Å². The zero-order valence-electron chi connectivity index (χ0n) is 18.6. The fourth-order valence-corrected chi connectivity index (χ4v) is 6.06. The maximum Gasteiger partial charge on any atom is 0.160 e. The number of ether oxygens (including phenoxy) is 3. The fourth-order valence-electron chi connectivity index (χ4n) is 6.06. The second-order valence-corrected chi connectivity index (χ2v) is 9.87. The van der Waals surface area contributed by atoms with Crippen molar-refractivity contribution in [1.82, 2.24) is 0 Å². The molecule has 1 aromatic rings. The molecule has 0 bridgehead atoms. The SMILES string of the molecule is COCCC[C@H]1CO[C@H]([C@H]2CC[C@H]([C@H]3CC[C@H](c4ccc(F)cc4)CC3)CC2)OC1. The Morgan fingerprint density at radius 1 is 0.833 bits per heavy atom. The molecule has 0 amide bonds. The molecule has 2 saturated carbocycles. The van der Waals surface area contributed by atoms with Crippen LogP contribution in [0.3, 0.4) is 0 Å². The molecule has 1 aromatic carbocycles. The van der Waals surface area contributed by atoms with Gasteiger partial charge in [0.2, 0.25) is 0 Å². The Balaban J connectivity index is 1.15. The van der Waals surface area contributed by atoms with Gasteiger partial charge >= 0.3 is 0 Å². The van der Waals surface area contributed by atoms with Gasteiger partial charge in [-0.1, -0.05) is 12.1 Å². The first-order chi connectivity index (χ1) is 14.7. The molecule has 30 heavy (non-hydrogen) atoms. The maximum atomic E-state index is 13.2. The van der Waals surface area contributed by atoms with E-state index in [0.29, 0.717) is 17.8 Å². The quantitative estimate of drug-likeness (QED) is 0.485. The molecule has 3 aliphatic rings. The molecule has 3 nitrogen and oxygen atoms in total. The Hall–Kier alpha value is -0.970. The third-order valence-electron chi connectivity index (χ3n) is 7.93. The van der Waals surface area contributed by atoms with Crippen LogP contribution >= 0.6 is 0 Å². The molecule has 1 aliphatic heterocycles. The van der Waals surface area contributed by atoms with E-state index in [4.69, 9.17) is 14.2 Å². The fraction of sp³-hybridized carbons (Fsp3) is 0.769. The minimum atomic E-state index is -0.128. The number of rotatable bonds is 7. The highest BCUT2D eigenvalue weighted by atomic mass is 19.1. The summed E-state index contributed by atoms with van der Waals surface area (Å²) < 4.78 is 30.6. The van der Waals surface area contributed by atoms with Crippen molar-refractivity contribution < 1.29 is 18.6 Å². The molecule has 2 aliphatic carbocycles. The van der Waals surface area contributed by atoms with Gasteiger partial charge in [-0.05, 0) is 99.7 Å². The zero-order chi connectivity index (χ0) is 20.8. The van der Waals surface area contributed by atoms with E-state index >= 15 is 0 Å². The van der Waals surface area contributed by atoms with E-state index < -0.39 is 0 Å². The largest absolute Gasteiger partial charge is 0.385 e. The van der Waals surface area contributed by atoms with Crippen molar-refractivity contribution in [1.29, 1.82) is 0 Å². The lowest BCUT2D eigenvalue weighted by molar-refractivity contribution is -0.230. The molecular formula is C26H39FO3. The summed E-state index contributed by atoms with van der Waals surface area (Å²) in [7, 11) is 1.76. The van der Waals surface area contributed by atoms with E-state index in [1.807, 2.05) is 12.1 Å². The van der Waals surface area contributed by atoms with Gasteiger partial charge in [0.05, 0.1) is 13.2 Å². The number of benzene rings is 1. The van der Waals surface area contributed by atoms with Gasteiger partial charge in [-0.2, -0.15) is 0 Å². The van der Waals surface area contributed by atoms with Crippen LogP contribution in [0.1, 0.15) is 75.7 Å². The molecule has 0 atom stereocenters. The average Bonchev–Trinajstić information content (AvgIpc) is 2.81. The van der Waals surface area contributed by atoms with Crippen molar-refractivity contribution in [3.8, 4) is 0 Å². The highest BCUT2D eigenvalue weighted by molar-refractivity contribution is 5.21. The second kappa shape index (κ2) is 11.1. The number of hydrogen-bond acceptors (Lipinski definition) is 3. The number of methoxy groups -OCH3 is 1. The summed E-state index contributed by atoms with van der Waals surface area (Å²) in [5.41, 5.74) is 1.32. The third kappa shape index (κ3) is 5.83. The van der Waals surface area contributed by atoms with E-state index in [-0.39, 0.29) is 12.1 Å². The summed E-state index contributed by atoms with van der Waals surface area (Å²) in [6.07, 6.45) is 12.6. The van der Waals surface area contributed by atoms with E-state index in [2.05, 4.69) is 0 Å². The summed E-state index contributed by atoms with van der Waals surface area (Å²) in [5, 5.41) is 0. The summed E-state index contributed by atoms with van der Waals surface area (Å²) in [4.78, 5) is 0. The molecule has 1 saturated heterocycles. The van der Waals surface area contributed by atoms with Crippen LogP contribution in [0.2, 0.25) is 0 Å². The highest BCUT2D eigenvalue weighted by Gasteiger charge is 2.35. The standard InChI is InChI=1S/C26H39FO3/c1-28-16-2-3-19-17-29-26(30-18-19)24-10-8-22(9-11-24)20-4-6-21(7-5-20)23-12-14-25(27)15-13-23/h12-15,19-22,24,26H,2-11,16-18H2,1H3/t19-,20-,21-,22-,24-,26-. The molecule has 0 aromatic heterocycles. The van der Waals surface area contributed by atoms with Crippen molar-refractivity contribution in [2.24, 2.45) is 23.7 Å². The predicted molar refractivity (Wildman–Crippen MR) is 117 cm³/mol. The van der Waals surface area contributed by atoms with Crippen molar-refractivity contribution in [2.45, 2.75) is 76.4 Å². The first-order valence-electron chi connectivity index (χ1n) is 12.2. The first-order valence-corrected chi connectivity index (χ1v) is 12.2. The van der Waals surface area contributed by atoms with Crippen molar-refractivity contribution in [3.05, 3.63) is 35.6 Å². The van der Waals surface area contributed by atoms with Gasteiger partial charge in [0, 0.05) is 25.6 Å². The van der Waals surface area contributed by atoms with E-state index in [9.17, 15) is 4.39 Å². The second-order valence-electron chi connectivity index (χ2n) is 9.87. The summed E-state index contributed by atoms with van der Waals surface area (Å²) in [5.74, 6) is 3.36. The van der Waals surface area contributed by atoms with E-state index in [0.717, 1.165) is 44.5 Å². The summed E-state index contributed by atoms with van der Waals surface area (Å²) in [6, 6.07) is 7.19. The van der Waals surface area contributed by atoms with Crippen LogP contribution in [0.4, 0.5) is 4.39 Å². The molecule has 4 heteroatoms. The van der Waals surface area contributed by atoms with Gasteiger partial charge in [-0.15, -0.1) is 0 Å². The number of hydrogen-bond donors (Lipinski definition) is 0. The van der Waals surface area contributed by atoms with Crippen LogP contribution < -0.4 is 0 Å². The lowest BCUT2D eigenvalue weighted by Crippen LogP contribution is -2.39. The smallest absolute Gasteiger partial charge is 0.160 e. The monoisotopic (exact) mass is 418 g/mol. The van der Waals surface area contributed by atoms with E-state index in [1.54, 1.807) is 19.2 Å². The lowest BCUT2D eigenvalue weighted by Gasteiger charge is -2.41. The van der Waals surface area contributed by atoms with Crippen LogP contribution in [0, 0.1) is 29.5 Å². The van der Waals surface area contributed by atoms with Crippen LogP contribution in [0.15, 0.2) is 24.3 Å². The van der Waals surface area contributed by atoms with Gasteiger partial charge in [-0.3, -0.25) is 0 Å². The topological polar surface area (TPSA) is 27.7 Å². The first kappa shape index (κ1) is 22.2. The third-order valence-corrected chi connectivity index (χ3v) is 7.93. The van der Waals surface area contributed by atoms with Crippen molar-refractivity contribution >= 4 is 0 Å². The normalized spacial score (nSPS) is 35.3.